The lowest BCUT2D eigenvalue weighted by atomic mass is 10.2. The van der Waals surface area contributed by atoms with Gasteiger partial charge in [-0.15, -0.1) is 24.0 Å². The highest BCUT2D eigenvalue weighted by atomic mass is 127. The second-order valence-corrected chi connectivity index (χ2v) is 7.12. The Kier molecular flexibility index (Phi) is 10.4. The summed E-state index contributed by atoms with van der Waals surface area (Å²) in [6.07, 6.45) is -0.449. The molecule has 0 aliphatic carbocycles. The number of hydrogen-bond acceptors (Lipinski definition) is 6. The van der Waals surface area contributed by atoms with Gasteiger partial charge in [0, 0.05) is 25.7 Å². The number of methoxy groups -OCH3 is 1. The molecule has 0 aliphatic heterocycles. The lowest BCUT2D eigenvalue weighted by Crippen LogP contribution is -2.42. The molecule has 30 heavy (non-hydrogen) atoms. The summed E-state index contributed by atoms with van der Waals surface area (Å²) in [6.45, 7) is 6.77. The molecule has 10 nitrogen and oxygen atoms in total. The van der Waals surface area contributed by atoms with E-state index in [1.807, 2.05) is 45.0 Å². The molecular formula is C19H30IN7O3. The number of rotatable bonds is 7. The predicted octanol–water partition coefficient (Wildman–Crippen LogP) is 2.29. The van der Waals surface area contributed by atoms with Crippen molar-refractivity contribution < 1.29 is 14.3 Å². The van der Waals surface area contributed by atoms with Crippen molar-refractivity contribution in [1.82, 2.24) is 31.1 Å². The number of nitrogens with zero attached hydrogens (tertiary/aromatic N) is 3. The van der Waals surface area contributed by atoms with Crippen molar-refractivity contribution in [2.75, 3.05) is 27.2 Å². The van der Waals surface area contributed by atoms with E-state index in [-0.39, 0.29) is 24.0 Å². The first kappa shape index (κ1) is 25.5. The molecule has 2 aromatic rings. The summed E-state index contributed by atoms with van der Waals surface area (Å²) >= 11 is 0. The first-order valence-corrected chi connectivity index (χ1v) is 9.28. The van der Waals surface area contributed by atoms with E-state index in [0.29, 0.717) is 37.2 Å². The molecule has 1 amide bonds. The standard InChI is InChI=1S/C19H29N7O3.HI/c1-19(2,3)29-18(27)22-11-10-21-17(20-4)23-12-15-24-16(26-25-15)13-6-8-14(28-5)9-7-13;/h6-9H,10-12H2,1-5H3,(H,22,27)(H2,20,21,23)(H,24,25,26);1H. The number of carbonyl (C=O) groups is 1. The molecule has 2 rings (SSSR count). The van der Waals surface area contributed by atoms with Crippen LogP contribution in [0.1, 0.15) is 26.6 Å². The van der Waals surface area contributed by atoms with Crippen molar-refractivity contribution in [2.24, 2.45) is 4.99 Å². The Morgan fingerprint density at radius 3 is 2.40 bits per heavy atom. The lowest BCUT2D eigenvalue weighted by Gasteiger charge is -2.19. The van der Waals surface area contributed by atoms with E-state index in [2.05, 4.69) is 36.1 Å². The van der Waals surface area contributed by atoms with Crippen LogP contribution in [0.2, 0.25) is 0 Å². The van der Waals surface area contributed by atoms with E-state index in [9.17, 15) is 4.79 Å². The van der Waals surface area contributed by atoms with Crippen LogP contribution in [-0.4, -0.2) is 60.1 Å². The normalized spacial score (nSPS) is 11.3. The van der Waals surface area contributed by atoms with Crippen LogP contribution < -0.4 is 20.7 Å². The Morgan fingerprint density at radius 1 is 1.13 bits per heavy atom. The fraction of sp³-hybridized carbons (Fsp3) is 0.474. The van der Waals surface area contributed by atoms with Crippen molar-refractivity contribution in [3.8, 4) is 17.1 Å². The van der Waals surface area contributed by atoms with E-state index in [1.165, 1.54) is 0 Å². The van der Waals surface area contributed by atoms with Gasteiger partial charge in [0.1, 0.15) is 17.2 Å². The maximum Gasteiger partial charge on any atom is 0.407 e. The number of guanidine groups is 1. The van der Waals surface area contributed by atoms with E-state index < -0.39 is 11.7 Å². The summed E-state index contributed by atoms with van der Waals surface area (Å²) in [6, 6.07) is 7.52. The van der Waals surface area contributed by atoms with Crippen LogP contribution in [0.4, 0.5) is 4.79 Å². The monoisotopic (exact) mass is 531 g/mol. The number of alkyl carbamates (subject to hydrolysis) is 1. The summed E-state index contributed by atoms with van der Waals surface area (Å²) < 4.78 is 10.3. The number of benzene rings is 1. The van der Waals surface area contributed by atoms with Crippen LogP contribution in [0.25, 0.3) is 11.4 Å². The summed E-state index contributed by atoms with van der Waals surface area (Å²) in [4.78, 5) is 20.2. The summed E-state index contributed by atoms with van der Waals surface area (Å²) in [7, 11) is 3.29. The van der Waals surface area contributed by atoms with Gasteiger partial charge in [-0.25, -0.2) is 9.78 Å². The SMILES string of the molecule is CN=C(NCCNC(=O)OC(C)(C)C)NCc1nc(-c2ccc(OC)cc2)n[nH]1.I. The summed E-state index contributed by atoms with van der Waals surface area (Å²) in [5.74, 6) is 2.64. The zero-order valence-electron chi connectivity index (χ0n) is 17.9. The van der Waals surface area contributed by atoms with Gasteiger partial charge in [0.25, 0.3) is 0 Å². The zero-order chi connectivity index (χ0) is 21.3. The van der Waals surface area contributed by atoms with Crippen LogP contribution >= 0.6 is 24.0 Å². The number of carbonyl (C=O) groups excluding carboxylic acids is 1. The molecule has 166 valence electrons. The third kappa shape index (κ3) is 8.84. The number of aromatic nitrogens is 3. The van der Waals surface area contributed by atoms with Crippen molar-refractivity contribution in [3.63, 3.8) is 0 Å². The molecule has 0 radical (unpaired) electrons. The van der Waals surface area contributed by atoms with Crippen LogP contribution in [0.5, 0.6) is 5.75 Å². The van der Waals surface area contributed by atoms with E-state index in [1.54, 1.807) is 14.2 Å². The molecule has 11 heteroatoms. The molecular weight excluding hydrogens is 501 g/mol. The fourth-order valence-electron chi connectivity index (χ4n) is 2.29. The highest BCUT2D eigenvalue weighted by molar-refractivity contribution is 14.0. The van der Waals surface area contributed by atoms with Crippen molar-refractivity contribution in [2.45, 2.75) is 32.9 Å². The second kappa shape index (κ2) is 12.2. The molecule has 0 spiro atoms. The van der Waals surface area contributed by atoms with Crippen LogP contribution in [-0.2, 0) is 11.3 Å². The maximum absolute atomic E-state index is 11.6. The Bertz CT molecular complexity index is 816. The average Bonchev–Trinajstić information content (AvgIpc) is 3.15. The molecule has 1 aromatic carbocycles. The van der Waals surface area contributed by atoms with Gasteiger partial charge < -0.3 is 25.4 Å². The molecule has 4 N–H and O–H groups in total. The molecule has 0 saturated carbocycles. The molecule has 0 atom stereocenters. The lowest BCUT2D eigenvalue weighted by molar-refractivity contribution is 0.0529. The third-order valence-corrected chi connectivity index (χ3v) is 3.61. The van der Waals surface area contributed by atoms with Crippen molar-refractivity contribution in [1.29, 1.82) is 0 Å². The highest BCUT2D eigenvalue weighted by Crippen LogP contribution is 2.18. The van der Waals surface area contributed by atoms with Crippen LogP contribution in [0.15, 0.2) is 29.3 Å². The minimum atomic E-state index is -0.517. The first-order valence-electron chi connectivity index (χ1n) is 9.28. The number of amides is 1. The number of aromatic amines is 1. The second-order valence-electron chi connectivity index (χ2n) is 7.12. The van der Waals surface area contributed by atoms with Gasteiger partial charge in [0.05, 0.1) is 13.7 Å². The molecule has 0 bridgehead atoms. The fourth-order valence-corrected chi connectivity index (χ4v) is 2.29. The number of nitrogens with one attached hydrogen (secondary N) is 4. The Balaban J connectivity index is 0.00000450. The molecule has 1 heterocycles. The van der Waals surface area contributed by atoms with Crippen molar-refractivity contribution >= 4 is 36.0 Å². The molecule has 1 aromatic heterocycles. The summed E-state index contributed by atoms with van der Waals surface area (Å²) in [5, 5.41) is 16.1. The first-order chi connectivity index (χ1) is 13.8. The molecule has 0 aliphatic rings. The van der Waals surface area contributed by atoms with E-state index >= 15 is 0 Å². The van der Waals surface area contributed by atoms with Gasteiger partial charge in [0.15, 0.2) is 11.8 Å². The number of hydrogen-bond donors (Lipinski definition) is 4. The van der Waals surface area contributed by atoms with E-state index in [4.69, 9.17) is 9.47 Å². The van der Waals surface area contributed by atoms with Gasteiger partial charge in [0.2, 0.25) is 0 Å². The zero-order valence-corrected chi connectivity index (χ0v) is 20.2. The Hall–Kier alpha value is -2.57. The van der Waals surface area contributed by atoms with Crippen LogP contribution in [0.3, 0.4) is 0 Å². The topological polar surface area (TPSA) is 126 Å². The van der Waals surface area contributed by atoms with Gasteiger partial charge >= 0.3 is 6.09 Å². The smallest absolute Gasteiger partial charge is 0.407 e. The molecule has 0 saturated heterocycles. The van der Waals surface area contributed by atoms with Gasteiger partial charge in [-0.05, 0) is 45.0 Å². The van der Waals surface area contributed by atoms with Gasteiger partial charge in [-0.3, -0.25) is 10.1 Å². The number of H-pyrrole nitrogens is 1. The quantitative estimate of drug-likeness (QED) is 0.187. The van der Waals surface area contributed by atoms with Crippen molar-refractivity contribution in [3.05, 3.63) is 30.1 Å². The number of halogens is 1. The largest absolute Gasteiger partial charge is 0.497 e. The van der Waals surface area contributed by atoms with Crippen LogP contribution in [0, 0.1) is 0 Å². The highest BCUT2D eigenvalue weighted by Gasteiger charge is 2.15. The summed E-state index contributed by atoms with van der Waals surface area (Å²) in [5.41, 5.74) is 0.376. The minimum Gasteiger partial charge on any atom is -0.497 e. The average molecular weight is 531 g/mol. The predicted molar refractivity (Wildman–Crippen MR) is 126 cm³/mol. The number of ether oxygens (including phenoxy) is 2. The number of aliphatic imine (C=N–C) groups is 1. The Morgan fingerprint density at radius 2 is 1.80 bits per heavy atom. The van der Waals surface area contributed by atoms with Gasteiger partial charge in [-0.2, -0.15) is 5.10 Å². The third-order valence-electron chi connectivity index (χ3n) is 3.61. The maximum atomic E-state index is 11.6. The minimum absolute atomic E-state index is 0. The Labute approximate surface area is 193 Å². The van der Waals surface area contributed by atoms with E-state index in [0.717, 1.165) is 11.3 Å². The van der Waals surface area contributed by atoms with Gasteiger partial charge in [-0.1, -0.05) is 0 Å². The molecule has 0 unspecified atom stereocenters. The molecule has 0 fully saturated rings.